The third-order valence-electron chi connectivity index (χ3n) is 5.69. The molecule has 3 aromatic rings. The number of hydrogen-bond acceptors (Lipinski definition) is 6. The van der Waals surface area contributed by atoms with Gasteiger partial charge >= 0.3 is 0 Å². The van der Waals surface area contributed by atoms with Crippen molar-refractivity contribution < 1.29 is 9.50 Å². The van der Waals surface area contributed by atoms with Gasteiger partial charge in [-0.1, -0.05) is 0 Å². The van der Waals surface area contributed by atoms with E-state index in [-0.39, 0.29) is 18.5 Å². The Morgan fingerprint density at radius 1 is 1.21 bits per heavy atom. The molecule has 0 aliphatic heterocycles. The minimum absolute atomic E-state index is 0.00518. The van der Waals surface area contributed by atoms with Gasteiger partial charge in [0.15, 0.2) is 0 Å². The van der Waals surface area contributed by atoms with E-state index in [4.69, 9.17) is 5.73 Å². The van der Waals surface area contributed by atoms with Crippen molar-refractivity contribution >= 4 is 5.95 Å². The summed E-state index contributed by atoms with van der Waals surface area (Å²) in [5.41, 5.74) is 8.93. The van der Waals surface area contributed by atoms with E-state index in [9.17, 15) is 9.50 Å². The summed E-state index contributed by atoms with van der Waals surface area (Å²) in [5, 5.41) is 12.5. The first-order chi connectivity index (χ1) is 14.0. The molecule has 1 aliphatic carbocycles. The number of aromatic nitrogens is 4. The largest absolute Gasteiger partial charge is 0.394 e. The standard InChI is InChI=1S/C21H25FN6O/c1-24-20-25-11-8-17(27-20)19-18(14-2-4-15(22)5-3-14)26-13-28(19)16-6-9-21(23,12-29)10-7-16/h2-5,8,11,13,16,29H,6-7,9-10,12,23H2,1H3,(H,24,25,27). The number of rotatable bonds is 5. The second-order valence-electron chi connectivity index (χ2n) is 7.62. The topological polar surface area (TPSA) is 102 Å². The molecule has 2 aromatic heterocycles. The Hall–Kier alpha value is -2.84. The molecule has 7 nitrogen and oxygen atoms in total. The van der Waals surface area contributed by atoms with Crippen LogP contribution in [-0.2, 0) is 0 Å². The molecule has 0 bridgehead atoms. The van der Waals surface area contributed by atoms with Crippen molar-refractivity contribution in [1.82, 2.24) is 19.5 Å². The summed E-state index contributed by atoms with van der Waals surface area (Å²) in [6.07, 6.45) is 6.69. The monoisotopic (exact) mass is 396 g/mol. The highest BCUT2D eigenvalue weighted by Gasteiger charge is 2.33. The van der Waals surface area contributed by atoms with Crippen LogP contribution in [0, 0.1) is 5.82 Å². The molecule has 0 unspecified atom stereocenters. The van der Waals surface area contributed by atoms with E-state index in [0.717, 1.165) is 48.3 Å². The molecule has 8 heteroatoms. The number of aliphatic hydroxyl groups excluding tert-OH is 1. The average molecular weight is 396 g/mol. The van der Waals surface area contributed by atoms with Gasteiger partial charge in [-0.2, -0.15) is 0 Å². The molecule has 0 amide bonds. The van der Waals surface area contributed by atoms with Gasteiger partial charge in [-0.15, -0.1) is 0 Å². The molecule has 4 N–H and O–H groups in total. The normalized spacial score (nSPS) is 21.9. The number of hydrogen-bond donors (Lipinski definition) is 3. The van der Waals surface area contributed by atoms with Crippen LogP contribution in [0.1, 0.15) is 31.7 Å². The Morgan fingerprint density at radius 3 is 2.59 bits per heavy atom. The molecule has 1 saturated carbocycles. The number of imidazole rings is 1. The Kier molecular flexibility index (Phi) is 5.29. The molecule has 152 valence electrons. The van der Waals surface area contributed by atoms with Gasteiger partial charge in [-0.3, -0.25) is 0 Å². The van der Waals surface area contributed by atoms with Crippen LogP contribution in [-0.4, -0.2) is 43.8 Å². The van der Waals surface area contributed by atoms with Crippen molar-refractivity contribution in [2.45, 2.75) is 37.3 Å². The number of halogens is 1. The molecular weight excluding hydrogens is 371 g/mol. The predicted molar refractivity (Wildman–Crippen MR) is 110 cm³/mol. The number of nitrogens with zero attached hydrogens (tertiary/aromatic N) is 4. The number of nitrogens with two attached hydrogens (primary N) is 1. The van der Waals surface area contributed by atoms with Gasteiger partial charge in [0.25, 0.3) is 0 Å². The van der Waals surface area contributed by atoms with Gasteiger partial charge in [0.05, 0.1) is 30.0 Å². The minimum atomic E-state index is -0.509. The first-order valence-electron chi connectivity index (χ1n) is 9.77. The van der Waals surface area contributed by atoms with E-state index in [0.29, 0.717) is 5.95 Å². The Bertz CT molecular complexity index is 979. The van der Waals surface area contributed by atoms with Crippen LogP contribution in [0.25, 0.3) is 22.6 Å². The van der Waals surface area contributed by atoms with Crippen LogP contribution in [0.15, 0.2) is 42.9 Å². The summed E-state index contributed by atoms with van der Waals surface area (Å²) < 4.78 is 15.6. The number of benzene rings is 1. The molecule has 2 heterocycles. The Morgan fingerprint density at radius 2 is 1.93 bits per heavy atom. The van der Waals surface area contributed by atoms with Gasteiger partial charge in [-0.05, 0) is 56.0 Å². The van der Waals surface area contributed by atoms with Crippen molar-refractivity contribution in [1.29, 1.82) is 0 Å². The number of aliphatic hydroxyl groups is 1. The zero-order valence-electron chi connectivity index (χ0n) is 16.3. The first kappa shape index (κ1) is 19.5. The van der Waals surface area contributed by atoms with Crippen LogP contribution in [0.2, 0.25) is 0 Å². The van der Waals surface area contributed by atoms with Crippen molar-refractivity contribution in [2.75, 3.05) is 19.0 Å². The van der Waals surface area contributed by atoms with Crippen LogP contribution >= 0.6 is 0 Å². The summed E-state index contributed by atoms with van der Waals surface area (Å²) in [6, 6.07) is 8.36. The van der Waals surface area contributed by atoms with Crippen LogP contribution in [0.4, 0.5) is 10.3 Å². The third-order valence-corrected chi connectivity index (χ3v) is 5.69. The molecule has 4 rings (SSSR count). The van der Waals surface area contributed by atoms with Crippen molar-refractivity contribution in [3.05, 3.63) is 48.7 Å². The molecule has 0 atom stereocenters. The number of anilines is 1. The van der Waals surface area contributed by atoms with Crippen LogP contribution in [0.5, 0.6) is 0 Å². The number of nitrogens with one attached hydrogen (secondary N) is 1. The van der Waals surface area contributed by atoms with E-state index in [1.54, 1.807) is 25.4 Å². The second-order valence-corrected chi connectivity index (χ2v) is 7.62. The van der Waals surface area contributed by atoms with E-state index in [1.807, 2.05) is 12.4 Å². The highest BCUT2D eigenvalue weighted by molar-refractivity contribution is 5.77. The molecule has 0 saturated heterocycles. The van der Waals surface area contributed by atoms with E-state index in [1.165, 1.54) is 12.1 Å². The summed E-state index contributed by atoms with van der Waals surface area (Å²) in [5.74, 6) is 0.231. The predicted octanol–water partition coefficient (Wildman–Crippen LogP) is 2.99. The van der Waals surface area contributed by atoms with Crippen molar-refractivity contribution in [2.24, 2.45) is 5.73 Å². The summed E-state index contributed by atoms with van der Waals surface area (Å²) in [6.45, 7) is -0.00518. The fourth-order valence-electron chi connectivity index (χ4n) is 3.94. The Balaban J connectivity index is 1.78. The molecule has 0 radical (unpaired) electrons. The van der Waals surface area contributed by atoms with Crippen LogP contribution < -0.4 is 11.1 Å². The Labute approximate surface area is 168 Å². The van der Waals surface area contributed by atoms with Gasteiger partial charge in [0.1, 0.15) is 5.82 Å². The molecular formula is C21H25FN6O. The molecule has 1 aromatic carbocycles. The zero-order valence-corrected chi connectivity index (χ0v) is 16.3. The quantitative estimate of drug-likeness (QED) is 0.613. The lowest BCUT2D eigenvalue weighted by Gasteiger charge is -2.36. The van der Waals surface area contributed by atoms with E-state index >= 15 is 0 Å². The lowest BCUT2D eigenvalue weighted by Crippen LogP contribution is -2.46. The third kappa shape index (κ3) is 3.86. The average Bonchev–Trinajstić information content (AvgIpc) is 3.20. The maximum absolute atomic E-state index is 13.4. The van der Waals surface area contributed by atoms with Gasteiger partial charge < -0.3 is 20.7 Å². The lowest BCUT2D eigenvalue weighted by atomic mass is 9.80. The fourth-order valence-corrected chi connectivity index (χ4v) is 3.94. The molecule has 29 heavy (non-hydrogen) atoms. The summed E-state index contributed by atoms with van der Waals surface area (Å²) >= 11 is 0. The second kappa shape index (κ2) is 7.88. The van der Waals surface area contributed by atoms with Crippen LogP contribution in [0.3, 0.4) is 0 Å². The van der Waals surface area contributed by atoms with Crippen molar-refractivity contribution in [3.63, 3.8) is 0 Å². The van der Waals surface area contributed by atoms with Gasteiger partial charge in [-0.25, -0.2) is 19.3 Å². The van der Waals surface area contributed by atoms with Gasteiger partial charge in [0.2, 0.25) is 5.95 Å². The maximum Gasteiger partial charge on any atom is 0.222 e. The van der Waals surface area contributed by atoms with E-state index < -0.39 is 5.54 Å². The SMILES string of the molecule is CNc1nccc(-c2c(-c3ccc(F)cc3)ncn2C2CCC(N)(CO)CC2)n1. The molecule has 1 aliphatic rings. The van der Waals surface area contributed by atoms with Gasteiger partial charge in [0, 0.05) is 30.4 Å². The highest BCUT2D eigenvalue weighted by atomic mass is 19.1. The zero-order chi connectivity index (χ0) is 20.4. The molecule has 1 fully saturated rings. The molecule has 0 spiro atoms. The summed E-state index contributed by atoms with van der Waals surface area (Å²) in [7, 11) is 1.77. The fraction of sp³-hybridized carbons (Fsp3) is 0.381. The highest BCUT2D eigenvalue weighted by Crippen LogP contribution is 2.39. The summed E-state index contributed by atoms with van der Waals surface area (Å²) in [4.78, 5) is 13.5. The smallest absolute Gasteiger partial charge is 0.222 e. The van der Waals surface area contributed by atoms with Crippen molar-refractivity contribution in [3.8, 4) is 22.6 Å². The first-order valence-corrected chi connectivity index (χ1v) is 9.77. The maximum atomic E-state index is 13.4. The van der Waals surface area contributed by atoms with E-state index in [2.05, 4.69) is 24.8 Å². The minimum Gasteiger partial charge on any atom is -0.394 e. The lowest BCUT2D eigenvalue weighted by molar-refractivity contribution is 0.137.